The third-order valence-electron chi connectivity index (χ3n) is 4.00. The second-order valence-electron chi connectivity index (χ2n) is 6.02. The Morgan fingerprint density at radius 3 is 2.28 bits per heavy atom. The molecule has 0 unspecified atom stereocenters. The van der Waals surface area contributed by atoms with Crippen molar-refractivity contribution in [1.29, 1.82) is 0 Å². The van der Waals surface area contributed by atoms with E-state index in [-0.39, 0.29) is 6.42 Å². The molecule has 9 heteroatoms. The molecule has 0 aliphatic carbocycles. The Labute approximate surface area is 174 Å². The molecule has 2 aromatic rings. The van der Waals surface area contributed by atoms with Crippen LogP contribution < -0.4 is 19.5 Å². The summed E-state index contributed by atoms with van der Waals surface area (Å²) in [6.07, 6.45) is 0.892. The lowest BCUT2D eigenvalue weighted by Gasteiger charge is -2.15. The summed E-state index contributed by atoms with van der Waals surface area (Å²) in [4.78, 5) is 28.2. The summed E-state index contributed by atoms with van der Waals surface area (Å²) in [5.41, 5.74) is 0.805. The lowest BCUT2D eigenvalue weighted by Crippen LogP contribution is -2.30. The van der Waals surface area contributed by atoms with Crippen LogP contribution >= 0.6 is 11.6 Å². The van der Waals surface area contributed by atoms with Gasteiger partial charge in [-0.05, 0) is 43.2 Å². The van der Waals surface area contributed by atoms with Crippen LogP contribution in [-0.2, 0) is 20.7 Å². The fourth-order valence-corrected chi connectivity index (χ4v) is 2.63. The number of carbonyl (C=O) groups excluding carboxylic acids is 2. The summed E-state index contributed by atoms with van der Waals surface area (Å²) in [7, 11) is 4.56. The average Bonchev–Trinajstić information content (AvgIpc) is 2.72. The van der Waals surface area contributed by atoms with Crippen LogP contribution in [0.15, 0.2) is 30.5 Å². The van der Waals surface area contributed by atoms with E-state index >= 15 is 0 Å². The number of benzene rings is 1. The Morgan fingerprint density at radius 2 is 1.76 bits per heavy atom. The molecule has 0 bridgehead atoms. The van der Waals surface area contributed by atoms with Gasteiger partial charge in [0, 0.05) is 12.6 Å². The number of rotatable bonds is 9. The van der Waals surface area contributed by atoms with Crippen LogP contribution in [0.2, 0.25) is 5.02 Å². The Balaban J connectivity index is 1.92. The normalized spacial score (nSPS) is 11.3. The fraction of sp³-hybridized carbons (Fsp3) is 0.350. The summed E-state index contributed by atoms with van der Waals surface area (Å²) in [5, 5.41) is 3.01. The first-order valence-electron chi connectivity index (χ1n) is 8.78. The van der Waals surface area contributed by atoms with E-state index in [2.05, 4.69) is 10.3 Å². The van der Waals surface area contributed by atoms with Gasteiger partial charge in [0.2, 0.25) is 5.75 Å². The first kappa shape index (κ1) is 22.3. The monoisotopic (exact) mass is 422 g/mol. The van der Waals surface area contributed by atoms with Crippen molar-refractivity contribution in [3.8, 4) is 17.2 Å². The molecule has 0 aliphatic rings. The molecule has 1 N–H and O–H groups in total. The molecular formula is C20H23ClN2O6. The van der Waals surface area contributed by atoms with Crippen molar-refractivity contribution in [2.45, 2.75) is 25.9 Å². The van der Waals surface area contributed by atoms with E-state index in [4.69, 9.17) is 30.5 Å². The molecule has 0 aliphatic heterocycles. The number of anilines is 1. The molecule has 8 nitrogen and oxygen atoms in total. The van der Waals surface area contributed by atoms with E-state index in [9.17, 15) is 9.59 Å². The summed E-state index contributed by atoms with van der Waals surface area (Å²) < 4.78 is 21.1. The number of amides is 1. The van der Waals surface area contributed by atoms with E-state index in [1.807, 2.05) is 0 Å². The van der Waals surface area contributed by atoms with Gasteiger partial charge in [0.15, 0.2) is 17.6 Å². The Bertz CT molecular complexity index is 832. The summed E-state index contributed by atoms with van der Waals surface area (Å²) >= 11 is 5.75. The average molecular weight is 423 g/mol. The molecule has 29 heavy (non-hydrogen) atoms. The number of ether oxygens (including phenoxy) is 4. The highest BCUT2D eigenvalue weighted by molar-refractivity contribution is 6.30. The number of esters is 1. The minimum atomic E-state index is -0.972. The molecule has 0 radical (unpaired) electrons. The maximum atomic E-state index is 12.1. The van der Waals surface area contributed by atoms with E-state index in [1.165, 1.54) is 34.4 Å². The van der Waals surface area contributed by atoms with Gasteiger partial charge in [-0.1, -0.05) is 11.6 Å². The smallest absolute Gasteiger partial charge is 0.306 e. The van der Waals surface area contributed by atoms with Gasteiger partial charge in [-0.2, -0.15) is 0 Å². The Kier molecular flexibility index (Phi) is 8.09. The molecule has 1 heterocycles. The lowest BCUT2D eigenvalue weighted by atomic mass is 10.1. The van der Waals surface area contributed by atoms with Crippen LogP contribution in [0.3, 0.4) is 0 Å². The fourth-order valence-electron chi connectivity index (χ4n) is 2.51. The van der Waals surface area contributed by atoms with Crippen LogP contribution in [0.5, 0.6) is 17.2 Å². The summed E-state index contributed by atoms with van der Waals surface area (Å²) in [6, 6.07) is 6.67. The molecule has 0 saturated heterocycles. The summed E-state index contributed by atoms with van der Waals surface area (Å²) in [5.74, 6) is 0.797. The second kappa shape index (κ2) is 10.5. The Hall–Kier alpha value is -3.00. The molecule has 1 aromatic heterocycles. The minimum absolute atomic E-state index is 0.0788. The van der Waals surface area contributed by atoms with Gasteiger partial charge < -0.3 is 24.3 Å². The molecule has 156 valence electrons. The second-order valence-corrected chi connectivity index (χ2v) is 6.45. The van der Waals surface area contributed by atoms with E-state index in [0.29, 0.717) is 34.5 Å². The zero-order valence-corrected chi connectivity index (χ0v) is 17.4. The van der Waals surface area contributed by atoms with E-state index < -0.39 is 18.0 Å². The van der Waals surface area contributed by atoms with Crippen molar-refractivity contribution in [3.63, 3.8) is 0 Å². The zero-order chi connectivity index (χ0) is 21.4. The highest BCUT2D eigenvalue weighted by Gasteiger charge is 2.19. The predicted molar refractivity (Wildman–Crippen MR) is 108 cm³/mol. The molecule has 1 aromatic carbocycles. The van der Waals surface area contributed by atoms with Crippen LogP contribution in [0.1, 0.15) is 18.9 Å². The van der Waals surface area contributed by atoms with Crippen molar-refractivity contribution in [2.75, 3.05) is 26.6 Å². The predicted octanol–water partition coefficient (Wildman–Crippen LogP) is 3.26. The van der Waals surface area contributed by atoms with Crippen molar-refractivity contribution in [3.05, 3.63) is 41.0 Å². The van der Waals surface area contributed by atoms with Gasteiger partial charge in [-0.3, -0.25) is 9.59 Å². The quantitative estimate of drug-likeness (QED) is 0.619. The standard InChI is InChI=1S/C20H23ClN2O6/c1-12(20(25)23-17-7-6-14(21)11-22-17)29-18(24)8-5-13-9-15(26-2)19(28-4)16(10-13)27-3/h6-7,9-12H,5,8H2,1-4H3,(H,22,23,25)/t12-/m1/s1. The number of hydrogen-bond acceptors (Lipinski definition) is 7. The molecule has 0 fully saturated rings. The molecule has 2 rings (SSSR count). The van der Waals surface area contributed by atoms with Gasteiger partial charge in [-0.15, -0.1) is 0 Å². The number of halogens is 1. The van der Waals surface area contributed by atoms with E-state index in [0.717, 1.165) is 5.56 Å². The largest absolute Gasteiger partial charge is 0.493 e. The third-order valence-corrected chi connectivity index (χ3v) is 4.22. The first-order valence-corrected chi connectivity index (χ1v) is 9.16. The number of aromatic nitrogens is 1. The van der Waals surface area contributed by atoms with Crippen molar-refractivity contribution >= 4 is 29.3 Å². The maximum Gasteiger partial charge on any atom is 0.306 e. The number of methoxy groups -OCH3 is 3. The molecule has 1 atom stereocenters. The number of hydrogen-bond donors (Lipinski definition) is 1. The van der Waals surface area contributed by atoms with Gasteiger partial charge in [0.1, 0.15) is 5.82 Å². The number of pyridine rings is 1. The zero-order valence-electron chi connectivity index (χ0n) is 16.7. The van der Waals surface area contributed by atoms with Crippen LogP contribution in [-0.4, -0.2) is 44.3 Å². The number of aryl methyl sites for hydroxylation is 1. The maximum absolute atomic E-state index is 12.1. The van der Waals surface area contributed by atoms with Gasteiger partial charge in [0.05, 0.1) is 26.4 Å². The molecular weight excluding hydrogens is 400 g/mol. The van der Waals surface area contributed by atoms with Gasteiger partial charge in [-0.25, -0.2) is 4.98 Å². The highest BCUT2D eigenvalue weighted by atomic mass is 35.5. The third kappa shape index (κ3) is 6.25. The highest BCUT2D eigenvalue weighted by Crippen LogP contribution is 2.38. The van der Waals surface area contributed by atoms with Crippen molar-refractivity contribution in [2.24, 2.45) is 0 Å². The topological polar surface area (TPSA) is 96.0 Å². The number of nitrogens with one attached hydrogen (secondary N) is 1. The van der Waals surface area contributed by atoms with Gasteiger partial charge >= 0.3 is 5.97 Å². The van der Waals surface area contributed by atoms with Crippen molar-refractivity contribution in [1.82, 2.24) is 4.98 Å². The first-order chi connectivity index (χ1) is 13.9. The number of nitrogens with zero attached hydrogens (tertiary/aromatic N) is 1. The number of carbonyl (C=O) groups is 2. The van der Waals surface area contributed by atoms with Crippen LogP contribution in [0.25, 0.3) is 0 Å². The Morgan fingerprint density at radius 1 is 1.10 bits per heavy atom. The summed E-state index contributed by atoms with van der Waals surface area (Å²) in [6.45, 7) is 1.49. The van der Waals surface area contributed by atoms with Gasteiger partial charge in [0.25, 0.3) is 5.91 Å². The molecule has 1 amide bonds. The van der Waals surface area contributed by atoms with Crippen LogP contribution in [0, 0.1) is 0 Å². The van der Waals surface area contributed by atoms with E-state index in [1.54, 1.807) is 24.3 Å². The van der Waals surface area contributed by atoms with Crippen molar-refractivity contribution < 1.29 is 28.5 Å². The SMILES string of the molecule is COc1cc(CCC(=O)O[C@H](C)C(=O)Nc2ccc(Cl)cn2)cc(OC)c1OC. The molecule has 0 saturated carbocycles. The minimum Gasteiger partial charge on any atom is -0.493 e. The van der Waals surface area contributed by atoms with Crippen LogP contribution in [0.4, 0.5) is 5.82 Å². The lowest BCUT2D eigenvalue weighted by molar-refractivity contribution is -0.153. The molecule has 0 spiro atoms.